The zero-order valence-electron chi connectivity index (χ0n) is 12.5. The van der Waals surface area contributed by atoms with Gasteiger partial charge in [-0.05, 0) is 21.1 Å². The summed E-state index contributed by atoms with van der Waals surface area (Å²) in [5, 5.41) is 3.26. The Morgan fingerprint density at radius 3 is 2.39 bits per heavy atom. The molecule has 1 heterocycles. The highest BCUT2D eigenvalue weighted by molar-refractivity contribution is 4.79. The molecule has 0 aromatic carbocycles. The van der Waals surface area contributed by atoms with Crippen molar-refractivity contribution in [2.75, 3.05) is 80.7 Å². The molecule has 1 atom stereocenters. The van der Waals surface area contributed by atoms with Gasteiger partial charge in [-0.25, -0.2) is 0 Å². The molecule has 0 aliphatic carbocycles. The summed E-state index contributed by atoms with van der Waals surface area (Å²) >= 11 is 0. The second-order valence-corrected chi connectivity index (χ2v) is 5.35. The second kappa shape index (κ2) is 8.82. The SMILES string of the molecule is CNCC(COC)N1CCN(CCN(C)C)CC1. The van der Waals surface area contributed by atoms with E-state index in [4.69, 9.17) is 4.74 Å². The van der Waals surface area contributed by atoms with Crippen molar-refractivity contribution >= 4 is 0 Å². The Labute approximate surface area is 112 Å². The topological polar surface area (TPSA) is 31.0 Å². The van der Waals surface area contributed by atoms with Crippen LogP contribution in [-0.4, -0.2) is 101 Å². The summed E-state index contributed by atoms with van der Waals surface area (Å²) in [4.78, 5) is 7.35. The lowest BCUT2D eigenvalue weighted by molar-refractivity contribution is 0.0487. The molecule has 5 nitrogen and oxygen atoms in total. The van der Waals surface area contributed by atoms with Gasteiger partial charge in [0.25, 0.3) is 0 Å². The number of ether oxygens (including phenoxy) is 1. The van der Waals surface area contributed by atoms with E-state index in [-0.39, 0.29) is 0 Å². The van der Waals surface area contributed by atoms with Crippen LogP contribution >= 0.6 is 0 Å². The predicted octanol–water partition coefficient (Wildman–Crippen LogP) is -0.600. The number of nitrogens with zero attached hydrogens (tertiary/aromatic N) is 3. The highest BCUT2D eigenvalue weighted by atomic mass is 16.5. The van der Waals surface area contributed by atoms with Crippen molar-refractivity contribution in [2.24, 2.45) is 0 Å². The Kier molecular flexibility index (Phi) is 7.77. The molecular formula is C13H30N4O. The smallest absolute Gasteiger partial charge is 0.0630 e. The van der Waals surface area contributed by atoms with Gasteiger partial charge in [-0.2, -0.15) is 0 Å². The maximum absolute atomic E-state index is 5.31. The molecule has 18 heavy (non-hydrogen) atoms. The Balaban J connectivity index is 2.27. The summed E-state index contributed by atoms with van der Waals surface area (Å²) in [6.45, 7) is 8.83. The molecule has 5 heteroatoms. The fraction of sp³-hybridized carbons (Fsp3) is 1.00. The van der Waals surface area contributed by atoms with Gasteiger partial charge in [0.15, 0.2) is 0 Å². The first-order chi connectivity index (χ1) is 8.67. The largest absolute Gasteiger partial charge is 0.383 e. The predicted molar refractivity (Wildman–Crippen MR) is 76.2 cm³/mol. The molecule has 1 unspecified atom stereocenters. The Hall–Kier alpha value is -0.200. The molecule has 0 spiro atoms. The standard InChI is InChI=1S/C13H30N4O/c1-14-11-13(12-18-4)17-9-7-16(8-10-17)6-5-15(2)3/h13-14H,5-12H2,1-4H3. The third-order valence-corrected chi connectivity index (χ3v) is 3.59. The molecule has 1 N–H and O–H groups in total. The van der Waals surface area contributed by atoms with Crippen LogP contribution in [0.1, 0.15) is 0 Å². The zero-order valence-corrected chi connectivity index (χ0v) is 12.5. The average Bonchev–Trinajstić information content (AvgIpc) is 2.37. The van der Waals surface area contributed by atoms with Crippen molar-refractivity contribution in [1.82, 2.24) is 20.0 Å². The number of nitrogens with one attached hydrogen (secondary N) is 1. The summed E-state index contributed by atoms with van der Waals surface area (Å²) in [6.07, 6.45) is 0. The van der Waals surface area contributed by atoms with Crippen molar-refractivity contribution in [3.05, 3.63) is 0 Å². The maximum atomic E-state index is 5.31. The van der Waals surface area contributed by atoms with Gasteiger partial charge in [0.05, 0.1) is 6.61 Å². The number of piperazine rings is 1. The molecule has 108 valence electrons. The number of methoxy groups -OCH3 is 1. The minimum Gasteiger partial charge on any atom is -0.383 e. The Morgan fingerprint density at radius 2 is 1.89 bits per heavy atom. The van der Waals surface area contributed by atoms with E-state index < -0.39 is 0 Å². The average molecular weight is 258 g/mol. The lowest BCUT2D eigenvalue weighted by Crippen LogP contribution is -2.54. The molecule has 0 amide bonds. The number of rotatable bonds is 8. The third kappa shape index (κ3) is 5.63. The van der Waals surface area contributed by atoms with Crippen LogP contribution < -0.4 is 5.32 Å². The second-order valence-electron chi connectivity index (χ2n) is 5.35. The number of hydrogen-bond acceptors (Lipinski definition) is 5. The van der Waals surface area contributed by atoms with E-state index in [1.165, 1.54) is 19.6 Å². The summed E-state index contributed by atoms with van der Waals surface area (Å²) in [5.41, 5.74) is 0. The zero-order chi connectivity index (χ0) is 13.4. The molecule has 0 aromatic rings. The number of hydrogen-bond donors (Lipinski definition) is 1. The minimum atomic E-state index is 0.510. The van der Waals surface area contributed by atoms with Crippen LogP contribution in [0.5, 0.6) is 0 Å². The summed E-state index contributed by atoms with van der Waals surface area (Å²) < 4.78 is 5.31. The van der Waals surface area contributed by atoms with Gasteiger partial charge in [-0.15, -0.1) is 0 Å². The summed E-state index contributed by atoms with van der Waals surface area (Å²) in [6, 6.07) is 0.510. The highest BCUT2D eigenvalue weighted by Crippen LogP contribution is 2.06. The molecule has 1 aliphatic rings. The van der Waals surface area contributed by atoms with Crippen LogP contribution in [0.25, 0.3) is 0 Å². The summed E-state index contributed by atoms with van der Waals surface area (Å²) in [7, 11) is 8.07. The van der Waals surface area contributed by atoms with E-state index >= 15 is 0 Å². The van der Waals surface area contributed by atoms with Crippen LogP contribution in [-0.2, 0) is 4.74 Å². The van der Waals surface area contributed by atoms with Gasteiger partial charge in [-0.1, -0.05) is 0 Å². The molecule has 0 saturated carbocycles. The van der Waals surface area contributed by atoms with Crippen molar-refractivity contribution in [1.29, 1.82) is 0 Å². The summed E-state index contributed by atoms with van der Waals surface area (Å²) in [5.74, 6) is 0. The Morgan fingerprint density at radius 1 is 1.22 bits per heavy atom. The molecular weight excluding hydrogens is 228 g/mol. The van der Waals surface area contributed by atoms with E-state index in [9.17, 15) is 0 Å². The van der Waals surface area contributed by atoms with Gasteiger partial charge < -0.3 is 15.0 Å². The van der Waals surface area contributed by atoms with Crippen LogP contribution in [0, 0.1) is 0 Å². The van der Waals surface area contributed by atoms with Crippen LogP contribution in [0.3, 0.4) is 0 Å². The first-order valence-electron chi connectivity index (χ1n) is 6.92. The van der Waals surface area contributed by atoms with Crippen molar-refractivity contribution in [3.63, 3.8) is 0 Å². The van der Waals surface area contributed by atoms with E-state index in [0.29, 0.717) is 6.04 Å². The van der Waals surface area contributed by atoms with Gasteiger partial charge >= 0.3 is 0 Å². The normalized spacial score (nSPS) is 20.5. The van der Waals surface area contributed by atoms with E-state index in [1.807, 2.05) is 7.05 Å². The van der Waals surface area contributed by atoms with Crippen molar-refractivity contribution < 1.29 is 4.74 Å². The lowest BCUT2D eigenvalue weighted by Gasteiger charge is -2.39. The van der Waals surface area contributed by atoms with Gasteiger partial charge in [0.1, 0.15) is 0 Å². The molecule has 1 rings (SSSR count). The van der Waals surface area contributed by atoms with Crippen LogP contribution in [0.15, 0.2) is 0 Å². The van der Waals surface area contributed by atoms with Crippen LogP contribution in [0.4, 0.5) is 0 Å². The molecule has 0 aromatic heterocycles. The van der Waals surface area contributed by atoms with E-state index in [0.717, 1.165) is 32.8 Å². The molecule has 1 aliphatic heterocycles. The van der Waals surface area contributed by atoms with E-state index in [1.54, 1.807) is 7.11 Å². The van der Waals surface area contributed by atoms with Gasteiger partial charge in [0, 0.05) is 59.0 Å². The Bertz CT molecular complexity index is 199. The fourth-order valence-corrected chi connectivity index (χ4v) is 2.41. The quantitative estimate of drug-likeness (QED) is 0.628. The first kappa shape index (κ1) is 15.9. The number of likely N-dealkylation sites (N-methyl/N-ethyl adjacent to an activating group) is 2. The molecule has 0 bridgehead atoms. The lowest BCUT2D eigenvalue weighted by atomic mass is 10.2. The molecule has 0 radical (unpaired) electrons. The van der Waals surface area contributed by atoms with Gasteiger partial charge in [-0.3, -0.25) is 9.80 Å². The van der Waals surface area contributed by atoms with Crippen LogP contribution in [0.2, 0.25) is 0 Å². The minimum absolute atomic E-state index is 0.510. The first-order valence-corrected chi connectivity index (χ1v) is 6.92. The molecule has 1 fully saturated rings. The van der Waals surface area contributed by atoms with Crippen molar-refractivity contribution in [3.8, 4) is 0 Å². The van der Waals surface area contributed by atoms with Gasteiger partial charge in [0.2, 0.25) is 0 Å². The van der Waals surface area contributed by atoms with Crippen molar-refractivity contribution in [2.45, 2.75) is 6.04 Å². The third-order valence-electron chi connectivity index (χ3n) is 3.59. The molecule has 1 saturated heterocycles. The fourth-order valence-electron chi connectivity index (χ4n) is 2.41. The maximum Gasteiger partial charge on any atom is 0.0630 e. The van der Waals surface area contributed by atoms with E-state index in [2.05, 4.69) is 34.1 Å². The monoisotopic (exact) mass is 258 g/mol. The highest BCUT2D eigenvalue weighted by Gasteiger charge is 2.23.